The fourth-order valence-corrected chi connectivity index (χ4v) is 5.31. The van der Waals surface area contributed by atoms with Crippen LogP contribution in [0.4, 0.5) is 5.82 Å². The highest BCUT2D eigenvalue weighted by Crippen LogP contribution is 2.33. The van der Waals surface area contributed by atoms with E-state index in [1.165, 1.54) is 23.1 Å². The van der Waals surface area contributed by atoms with Crippen molar-refractivity contribution in [2.45, 2.75) is 10.1 Å². The molecule has 0 aromatic carbocycles. The first-order chi connectivity index (χ1) is 13.8. The first kappa shape index (κ1) is 19.7. The number of sulfone groups is 1. The van der Waals surface area contributed by atoms with Crippen LogP contribution in [0.2, 0.25) is 10.2 Å². The molecule has 0 aliphatic rings. The van der Waals surface area contributed by atoms with Crippen LogP contribution in [0.15, 0.2) is 47.2 Å². The predicted octanol–water partition coefficient (Wildman–Crippen LogP) is 3.04. The Balaban J connectivity index is 1.65. The highest BCUT2D eigenvalue weighted by molar-refractivity contribution is 7.92. The summed E-state index contributed by atoms with van der Waals surface area (Å²) in [5.74, 6) is 0.291. The van der Waals surface area contributed by atoms with Crippen molar-refractivity contribution in [3.63, 3.8) is 0 Å². The number of nitrogens with zero attached hydrogens (tertiary/aromatic N) is 6. The fourth-order valence-electron chi connectivity index (χ4n) is 2.48. The Morgan fingerprint density at radius 1 is 1.14 bits per heavy atom. The Kier molecular flexibility index (Phi) is 5.21. The summed E-state index contributed by atoms with van der Waals surface area (Å²) in [7, 11) is -3.73. The van der Waals surface area contributed by atoms with Crippen molar-refractivity contribution >= 4 is 50.2 Å². The summed E-state index contributed by atoms with van der Waals surface area (Å²) in [6.45, 7) is 0. The molecule has 0 bridgehead atoms. The molecule has 0 saturated heterocycles. The molecule has 0 fully saturated rings. The van der Waals surface area contributed by atoms with Crippen LogP contribution in [-0.2, 0) is 15.6 Å². The van der Waals surface area contributed by atoms with Crippen molar-refractivity contribution < 1.29 is 8.42 Å². The van der Waals surface area contributed by atoms with E-state index in [-0.39, 0.29) is 21.1 Å². The maximum Gasteiger partial charge on any atom is 0.233 e. The summed E-state index contributed by atoms with van der Waals surface area (Å²) in [6.07, 6.45) is 4.46. The van der Waals surface area contributed by atoms with Crippen molar-refractivity contribution in [1.29, 1.82) is 0 Å². The van der Waals surface area contributed by atoms with Gasteiger partial charge in [0.2, 0.25) is 14.2 Å². The number of nitrogen functional groups attached to an aromatic ring is 1. The second kappa shape index (κ2) is 7.67. The van der Waals surface area contributed by atoms with Crippen LogP contribution >= 0.6 is 34.5 Å². The van der Waals surface area contributed by atoms with Crippen LogP contribution in [0.1, 0.15) is 5.56 Å². The van der Waals surface area contributed by atoms with Gasteiger partial charge in [-0.2, -0.15) is 9.78 Å². The van der Waals surface area contributed by atoms with Crippen LogP contribution in [0, 0.1) is 0 Å². The van der Waals surface area contributed by atoms with Crippen molar-refractivity contribution in [3.8, 4) is 16.4 Å². The second-order valence-corrected chi connectivity index (χ2v) is 9.72. The van der Waals surface area contributed by atoms with Gasteiger partial charge in [-0.05, 0) is 29.8 Å². The van der Waals surface area contributed by atoms with Gasteiger partial charge < -0.3 is 5.73 Å². The molecule has 29 heavy (non-hydrogen) atoms. The molecule has 4 heterocycles. The van der Waals surface area contributed by atoms with Crippen molar-refractivity contribution in [1.82, 2.24) is 29.9 Å². The van der Waals surface area contributed by atoms with Crippen LogP contribution in [0.5, 0.6) is 0 Å². The third kappa shape index (κ3) is 3.94. The molecule has 0 aliphatic heterocycles. The van der Waals surface area contributed by atoms with Crippen molar-refractivity contribution in [2.24, 2.45) is 0 Å². The number of hydrogen-bond acceptors (Lipinski definition) is 9. The molecule has 0 saturated carbocycles. The lowest BCUT2D eigenvalue weighted by Gasteiger charge is -2.04. The molecule has 0 spiro atoms. The standard InChI is InChI=1S/C16H11Cl2N7O2S2/c17-11-2-1-4-21-14(11)25-13(19)10(7-22-25)15-23-24-16(28-15)29(26,27)8-9-3-5-20-12(18)6-9/h1-7H,8,19H2. The summed E-state index contributed by atoms with van der Waals surface area (Å²) < 4.78 is 26.6. The maximum absolute atomic E-state index is 12.7. The molecule has 4 rings (SSSR count). The maximum atomic E-state index is 12.7. The highest BCUT2D eigenvalue weighted by Gasteiger charge is 2.24. The highest BCUT2D eigenvalue weighted by atomic mass is 35.5. The van der Waals surface area contributed by atoms with Crippen LogP contribution in [0.3, 0.4) is 0 Å². The molecule has 2 N–H and O–H groups in total. The first-order valence-corrected chi connectivity index (χ1v) is 11.2. The van der Waals surface area contributed by atoms with E-state index in [2.05, 4.69) is 25.3 Å². The number of aromatic nitrogens is 6. The number of rotatable bonds is 5. The molecular formula is C16H11Cl2N7O2S2. The zero-order valence-electron chi connectivity index (χ0n) is 14.4. The van der Waals surface area contributed by atoms with E-state index in [0.29, 0.717) is 27.0 Å². The molecule has 0 aliphatic carbocycles. The lowest BCUT2D eigenvalue weighted by Crippen LogP contribution is -2.04. The Morgan fingerprint density at radius 3 is 2.72 bits per heavy atom. The summed E-state index contributed by atoms with van der Waals surface area (Å²) >= 11 is 12.9. The minimum Gasteiger partial charge on any atom is -0.383 e. The van der Waals surface area contributed by atoms with Gasteiger partial charge in [0.05, 0.1) is 22.5 Å². The average molecular weight is 468 g/mol. The number of hydrogen-bond donors (Lipinski definition) is 1. The molecule has 148 valence electrons. The zero-order valence-corrected chi connectivity index (χ0v) is 17.5. The predicted molar refractivity (Wildman–Crippen MR) is 110 cm³/mol. The Morgan fingerprint density at radius 2 is 1.97 bits per heavy atom. The first-order valence-electron chi connectivity index (χ1n) is 7.96. The van der Waals surface area contributed by atoms with Crippen LogP contribution < -0.4 is 5.73 Å². The number of anilines is 1. The van der Waals surface area contributed by atoms with E-state index in [9.17, 15) is 8.42 Å². The van der Waals surface area contributed by atoms with E-state index < -0.39 is 9.84 Å². The fraction of sp³-hybridized carbons (Fsp3) is 0.0625. The third-order valence-corrected chi connectivity index (χ3v) is 7.39. The molecular weight excluding hydrogens is 457 g/mol. The largest absolute Gasteiger partial charge is 0.383 e. The minimum absolute atomic E-state index is 0.136. The zero-order chi connectivity index (χ0) is 20.6. The number of nitrogens with two attached hydrogens (primary N) is 1. The van der Waals surface area contributed by atoms with Crippen molar-refractivity contribution in [3.05, 3.63) is 58.6 Å². The number of pyridine rings is 2. The van der Waals surface area contributed by atoms with E-state index in [0.717, 1.165) is 11.3 Å². The van der Waals surface area contributed by atoms with Gasteiger partial charge in [-0.1, -0.05) is 34.5 Å². The molecule has 4 aromatic heterocycles. The SMILES string of the molecule is Nc1c(-c2nnc(S(=O)(=O)Cc3ccnc(Cl)c3)s2)cnn1-c1ncccc1Cl. The van der Waals surface area contributed by atoms with Gasteiger partial charge in [0.15, 0.2) is 10.8 Å². The molecule has 0 radical (unpaired) electrons. The van der Waals surface area contributed by atoms with Gasteiger partial charge in [-0.15, -0.1) is 10.2 Å². The average Bonchev–Trinajstić information content (AvgIpc) is 3.29. The summed E-state index contributed by atoms with van der Waals surface area (Å²) in [5, 5.41) is 12.9. The normalized spacial score (nSPS) is 11.7. The van der Waals surface area contributed by atoms with Gasteiger partial charge in [0.25, 0.3) is 0 Å². The third-order valence-electron chi connectivity index (χ3n) is 3.80. The van der Waals surface area contributed by atoms with E-state index in [4.69, 9.17) is 28.9 Å². The Labute approximate surface area is 179 Å². The molecule has 13 heteroatoms. The minimum atomic E-state index is -3.73. The smallest absolute Gasteiger partial charge is 0.233 e. The second-order valence-electron chi connectivity index (χ2n) is 5.78. The van der Waals surface area contributed by atoms with Gasteiger partial charge in [-0.25, -0.2) is 18.4 Å². The molecule has 9 nitrogen and oxygen atoms in total. The summed E-state index contributed by atoms with van der Waals surface area (Å²) in [6, 6.07) is 6.40. The molecule has 0 unspecified atom stereocenters. The molecule has 0 atom stereocenters. The van der Waals surface area contributed by atoms with Gasteiger partial charge in [0.1, 0.15) is 11.0 Å². The van der Waals surface area contributed by atoms with Gasteiger partial charge in [0, 0.05) is 12.4 Å². The lowest BCUT2D eigenvalue weighted by atomic mass is 10.3. The topological polar surface area (TPSA) is 130 Å². The van der Waals surface area contributed by atoms with Gasteiger partial charge >= 0.3 is 0 Å². The van der Waals surface area contributed by atoms with Crippen LogP contribution in [-0.4, -0.2) is 38.4 Å². The summed E-state index contributed by atoms with van der Waals surface area (Å²) in [5.41, 5.74) is 7.09. The van der Waals surface area contributed by atoms with Crippen molar-refractivity contribution in [2.75, 3.05) is 5.73 Å². The van der Waals surface area contributed by atoms with E-state index >= 15 is 0 Å². The monoisotopic (exact) mass is 467 g/mol. The lowest BCUT2D eigenvalue weighted by molar-refractivity contribution is 0.593. The van der Waals surface area contributed by atoms with Crippen LogP contribution in [0.25, 0.3) is 16.4 Å². The van der Waals surface area contributed by atoms with E-state index in [1.807, 2.05) is 0 Å². The summed E-state index contributed by atoms with van der Waals surface area (Å²) in [4.78, 5) is 8.00. The number of halogens is 2. The van der Waals surface area contributed by atoms with Gasteiger partial charge in [-0.3, -0.25) is 0 Å². The Hall–Kier alpha value is -2.60. The van der Waals surface area contributed by atoms with E-state index in [1.54, 1.807) is 24.4 Å². The quantitative estimate of drug-likeness (QED) is 0.443. The Bertz CT molecular complexity index is 1300. The molecule has 0 amide bonds. The molecule has 4 aromatic rings.